The van der Waals surface area contributed by atoms with E-state index in [1.165, 1.54) is 25.8 Å². The number of hydrogen-bond acceptors (Lipinski definition) is 2. The summed E-state index contributed by atoms with van der Waals surface area (Å²) < 4.78 is 0. The molecule has 4 unspecified atom stereocenters. The molecule has 0 saturated heterocycles. The Kier molecular flexibility index (Phi) is 3.13. The molecule has 4 atom stereocenters. The normalized spacial score (nSPS) is 42.0. The van der Waals surface area contributed by atoms with Gasteiger partial charge in [-0.05, 0) is 44.1 Å². The smallest absolute Gasteiger partial charge is 0.0580 e. The molecule has 0 radical (unpaired) electrons. The highest BCUT2D eigenvalue weighted by atomic mass is 16.3. The second-order valence-corrected chi connectivity index (χ2v) is 5.45. The van der Waals surface area contributed by atoms with E-state index in [1.54, 1.807) is 0 Å². The molecule has 0 aromatic carbocycles. The lowest BCUT2D eigenvalue weighted by atomic mass is 10.1. The van der Waals surface area contributed by atoms with Crippen LogP contribution in [0.5, 0.6) is 0 Å². The predicted octanol–water partition coefficient (Wildman–Crippen LogP) is 1.74. The minimum Gasteiger partial charge on any atom is -0.393 e. The molecule has 0 bridgehead atoms. The van der Waals surface area contributed by atoms with Crippen LogP contribution in [-0.4, -0.2) is 36.2 Å². The Morgan fingerprint density at radius 2 is 1.86 bits per heavy atom. The van der Waals surface area contributed by atoms with Crippen LogP contribution in [0.3, 0.4) is 0 Å². The fraction of sp³-hybridized carbons (Fsp3) is 1.00. The average Bonchev–Trinajstić information content (AvgIpc) is 2.63. The first-order valence-electron chi connectivity index (χ1n) is 6.03. The lowest BCUT2D eigenvalue weighted by Gasteiger charge is -2.23. The van der Waals surface area contributed by atoms with Gasteiger partial charge in [0.05, 0.1) is 6.10 Å². The summed E-state index contributed by atoms with van der Waals surface area (Å²) in [5.74, 6) is 2.44. The van der Waals surface area contributed by atoms with Crippen molar-refractivity contribution in [1.82, 2.24) is 4.90 Å². The summed E-state index contributed by atoms with van der Waals surface area (Å²) in [6.45, 7) is 4.68. The molecule has 2 aliphatic carbocycles. The van der Waals surface area contributed by atoms with Crippen molar-refractivity contribution in [2.75, 3.05) is 20.1 Å². The Hall–Kier alpha value is -0.0800. The Balaban J connectivity index is 1.68. The predicted molar refractivity (Wildman–Crippen MR) is 58.1 cm³/mol. The van der Waals surface area contributed by atoms with Gasteiger partial charge in [0.1, 0.15) is 0 Å². The number of rotatable bonds is 4. The first-order chi connectivity index (χ1) is 6.66. The van der Waals surface area contributed by atoms with Gasteiger partial charge in [-0.1, -0.05) is 13.3 Å². The van der Waals surface area contributed by atoms with E-state index >= 15 is 0 Å². The summed E-state index contributed by atoms with van der Waals surface area (Å²) in [5.41, 5.74) is 0. The standard InChI is InChI=1S/C12H23NO/c1-9-6-11(9)8-13(2)7-10-4-3-5-12(10)14/h9-12,14H,3-8H2,1-2H3. The van der Waals surface area contributed by atoms with Gasteiger partial charge in [-0.25, -0.2) is 0 Å². The maximum Gasteiger partial charge on any atom is 0.0580 e. The van der Waals surface area contributed by atoms with Crippen molar-refractivity contribution in [2.45, 2.75) is 38.7 Å². The fourth-order valence-electron chi connectivity index (χ4n) is 2.76. The van der Waals surface area contributed by atoms with Crippen LogP contribution in [0.1, 0.15) is 32.6 Å². The zero-order valence-corrected chi connectivity index (χ0v) is 9.45. The van der Waals surface area contributed by atoms with Gasteiger partial charge in [0.25, 0.3) is 0 Å². The second-order valence-electron chi connectivity index (χ2n) is 5.45. The summed E-state index contributed by atoms with van der Waals surface area (Å²) in [6.07, 6.45) is 4.87. The fourth-order valence-corrected chi connectivity index (χ4v) is 2.76. The van der Waals surface area contributed by atoms with E-state index in [9.17, 15) is 5.11 Å². The monoisotopic (exact) mass is 197 g/mol. The Morgan fingerprint density at radius 3 is 2.36 bits per heavy atom. The lowest BCUT2D eigenvalue weighted by Crippen LogP contribution is -2.31. The summed E-state index contributed by atoms with van der Waals surface area (Å²) >= 11 is 0. The molecule has 0 amide bonds. The Morgan fingerprint density at radius 1 is 1.21 bits per heavy atom. The van der Waals surface area contributed by atoms with Crippen molar-refractivity contribution in [3.63, 3.8) is 0 Å². The van der Waals surface area contributed by atoms with E-state index in [4.69, 9.17) is 0 Å². The van der Waals surface area contributed by atoms with Gasteiger partial charge in [-0.2, -0.15) is 0 Å². The van der Waals surface area contributed by atoms with Crippen molar-refractivity contribution in [1.29, 1.82) is 0 Å². The SMILES string of the molecule is CC1CC1CN(C)CC1CCCC1O. The molecule has 2 fully saturated rings. The number of aliphatic hydroxyl groups is 1. The van der Waals surface area contributed by atoms with Gasteiger partial charge in [0.15, 0.2) is 0 Å². The van der Waals surface area contributed by atoms with Crippen molar-refractivity contribution in [2.24, 2.45) is 17.8 Å². The van der Waals surface area contributed by atoms with Crippen LogP contribution < -0.4 is 0 Å². The van der Waals surface area contributed by atoms with Crippen LogP contribution in [0.25, 0.3) is 0 Å². The Labute approximate surface area is 87.3 Å². The molecule has 1 N–H and O–H groups in total. The molecule has 0 aromatic heterocycles. The van der Waals surface area contributed by atoms with E-state index in [2.05, 4.69) is 18.9 Å². The van der Waals surface area contributed by atoms with Crippen LogP contribution in [-0.2, 0) is 0 Å². The molecule has 2 aliphatic rings. The van der Waals surface area contributed by atoms with Crippen molar-refractivity contribution in [3.05, 3.63) is 0 Å². The maximum atomic E-state index is 9.71. The van der Waals surface area contributed by atoms with Crippen molar-refractivity contribution >= 4 is 0 Å². The third kappa shape index (κ3) is 2.48. The minimum absolute atomic E-state index is 0.0194. The van der Waals surface area contributed by atoms with Crippen LogP contribution in [0.4, 0.5) is 0 Å². The number of aliphatic hydroxyl groups excluding tert-OH is 1. The highest BCUT2D eigenvalue weighted by molar-refractivity contribution is 4.86. The molecular formula is C12H23NO. The van der Waals surface area contributed by atoms with Gasteiger partial charge in [0, 0.05) is 13.1 Å². The largest absolute Gasteiger partial charge is 0.393 e. The van der Waals surface area contributed by atoms with Gasteiger partial charge >= 0.3 is 0 Å². The van der Waals surface area contributed by atoms with Crippen molar-refractivity contribution < 1.29 is 5.11 Å². The maximum absolute atomic E-state index is 9.71. The third-order valence-corrected chi connectivity index (χ3v) is 3.99. The summed E-state index contributed by atoms with van der Waals surface area (Å²) in [4.78, 5) is 2.42. The second kappa shape index (κ2) is 4.19. The summed E-state index contributed by atoms with van der Waals surface area (Å²) in [7, 11) is 2.20. The van der Waals surface area contributed by atoms with Crippen LogP contribution >= 0.6 is 0 Å². The topological polar surface area (TPSA) is 23.5 Å². The zero-order valence-electron chi connectivity index (χ0n) is 9.45. The molecule has 0 heterocycles. The van der Waals surface area contributed by atoms with Gasteiger partial charge in [-0.15, -0.1) is 0 Å². The van der Waals surface area contributed by atoms with Crippen LogP contribution in [0.2, 0.25) is 0 Å². The highest BCUT2D eigenvalue weighted by Crippen LogP contribution is 2.38. The van der Waals surface area contributed by atoms with Gasteiger partial charge in [-0.3, -0.25) is 0 Å². The molecule has 0 spiro atoms. The van der Waals surface area contributed by atoms with Crippen LogP contribution in [0, 0.1) is 17.8 Å². The molecule has 0 aliphatic heterocycles. The van der Waals surface area contributed by atoms with E-state index in [0.717, 1.165) is 24.8 Å². The van der Waals surface area contributed by atoms with E-state index in [1.807, 2.05) is 0 Å². The molecule has 14 heavy (non-hydrogen) atoms. The first kappa shape index (κ1) is 10.4. The number of hydrogen-bond donors (Lipinski definition) is 1. The van der Waals surface area contributed by atoms with Crippen molar-refractivity contribution in [3.8, 4) is 0 Å². The zero-order chi connectivity index (χ0) is 10.1. The molecule has 82 valence electrons. The molecule has 2 rings (SSSR count). The molecular weight excluding hydrogens is 174 g/mol. The minimum atomic E-state index is -0.0194. The van der Waals surface area contributed by atoms with Crippen LogP contribution in [0.15, 0.2) is 0 Å². The summed E-state index contributed by atoms with van der Waals surface area (Å²) in [5, 5.41) is 9.71. The number of nitrogens with zero attached hydrogens (tertiary/aromatic N) is 1. The summed E-state index contributed by atoms with van der Waals surface area (Å²) in [6, 6.07) is 0. The third-order valence-electron chi connectivity index (χ3n) is 3.99. The highest BCUT2D eigenvalue weighted by Gasteiger charge is 2.34. The van der Waals surface area contributed by atoms with Gasteiger partial charge in [0.2, 0.25) is 0 Å². The van der Waals surface area contributed by atoms with E-state index in [0.29, 0.717) is 5.92 Å². The first-order valence-corrected chi connectivity index (χ1v) is 6.03. The molecule has 0 aromatic rings. The average molecular weight is 197 g/mol. The molecule has 2 saturated carbocycles. The lowest BCUT2D eigenvalue weighted by molar-refractivity contribution is 0.108. The van der Waals surface area contributed by atoms with Gasteiger partial charge < -0.3 is 10.0 Å². The molecule has 2 nitrogen and oxygen atoms in total. The van der Waals surface area contributed by atoms with E-state index in [-0.39, 0.29) is 6.10 Å². The Bertz CT molecular complexity index is 195. The quantitative estimate of drug-likeness (QED) is 0.742. The molecule has 2 heteroatoms. The van der Waals surface area contributed by atoms with E-state index < -0.39 is 0 Å².